The zero-order valence-electron chi connectivity index (χ0n) is 11.8. The van der Waals surface area contributed by atoms with Crippen LogP contribution in [0.25, 0.3) is 6.08 Å². The van der Waals surface area contributed by atoms with Crippen LogP contribution in [0.5, 0.6) is 17.2 Å². The number of likely N-dealkylation sites (N-methyl/N-ethyl adjacent to an activating group) is 1. The Morgan fingerprint density at radius 2 is 2.16 bits per heavy atom. The third-order valence-electron chi connectivity index (χ3n) is 2.92. The van der Waals surface area contributed by atoms with Crippen LogP contribution < -0.4 is 19.5 Å². The molecule has 0 atom stereocenters. The number of nitrogens with one attached hydrogen (secondary N) is 1. The third-order valence-corrected chi connectivity index (χ3v) is 2.92. The van der Waals surface area contributed by atoms with E-state index in [-0.39, 0.29) is 0 Å². The van der Waals surface area contributed by atoms with Crippen LogP contribution in [-0.4, -0.2) is 33.4 Å². The molecule has 0 aliphatic carbocycles. The zero-order valence-corrected chi connectivity index (χ0v) is 11.8. The van der Waals surface area contributed by atoms with Gasteiger partial charge in [0, 0.05) is 6.54 Å². The number of methoxy groups -OCH3 is 1. The summed E-state index contributed by atoms with van der Waals surface area (Å²) in [6.45, 7) is 7.20. The van der Waals surface area contributed by atoms with Crippen LogP contribution in [0.15, 0.2) is 17.7 Å². The van der Waals surface area contributed by atoms with E-state index < -0.39 is 0 Å². The summed E-state index contributed by atoms with van der Waals surface area (Å²) in [6.07, 6.45) is 2.13. The van der Waals surface area contributed by atoms with Gasteiger partial charge in [-0.15, -0.1) is 0 Å². The number of rotatable bonds is 5. The zero-order chi connectivity index (χ0) is 13.7. The summed E-state index contributed by atoms with van der Waals surface area (Å²) in [5, 5.41) is 3.30. The number of hydrogen-bond acceptors (Lipinski definition) is 4. The van der Waals surface area contributed by atoms with Crippen molar-refractivity contribution >= 4 is 6.08 Å². The van der Waals surface area contributed by atoms with Crippen LogP contribution in [0.3, 0.4) is 0 Å². The summed E-state index contributed by atoms with van der Waals surface area (Å²) in [7, 11) is 1.65. The molecule has 1 aromatic carbocycles. The number of benzene rings is 1. The molecule has 1 N–H and O–H groups in total. The maximum Gasteiger partial charge on any atom is 0.203 e. The van der Waals surface area contributed by atoms with Crippen LogP contribution in [0.2, 0.25) is 0 Å². The summed E-state index contributed by atoms with van der Waals surface area (Å²) >= 11 is 0. The summed E-state index contributed by atoms with van der Waals surface area (Å²) < 4.78 is 16.6. The second-order valence-electron chi connectivity index (χ2n) is 4.52. The molecule has 0 bridgehead atoms. The standard InChI is InChI=1S/C15H21NO3/c1-4-16-10-11(2)7-12-8-13(17-3)15-14(9-12)18-5-6-19-15/h7-9,16H,4-6,10H2,1-3H3. The van der Waals surface area contributed by atoms with Crippen LogP contribution >= 0.6 is 0 Å². The van der Waals surface area contributed by atoms with Gasteiger partial charge >= 0.3 is 0 Å². The smallest absolute Gasteiger partial charge is 0.203 e. The van der Waals surface area contributed by atoms with Crippen molar-refractivity contribution in [3.63, 3.8) is 0 Å². The van der Waals surface area contributed by atoms with Crippen molar-refractivity contribution in [3.8, 4) is 17.2 Å². The van der Waals surface area contributed by atoms with Gasteiger partial charge in [-0.25, -0.2) is 0 Å². The highest BCUT2D eigenvalue weighted by molar-refractivity contribution is 5.63. The van der Waals surface area contributed by atoms with Gasteiger partial charge in [0.2, 0.25) is 5.75 Å². The lowest BCUT2D eigenvalue weighted by atomic mass is 10.1. The van der Waals surface area contributed by atoms with E-state index >= 15 is 0 Å². The van der Waals surface area contributed by atoms with Gasteiger partial charge < -0.3 is 19.5 Å². The topological polar surface area (TPSA) is 39.7 Å². The van der Waals surface area contributed by atoms with Crippen molar-refractivity contribution in [1.82, 2.24) is 5.32 Å². The Labute approximate surface area is 114 Å². The lowest BCUT2D eigenvalue weighted by Gasteiger charge is -2.21. The molecule has 1 aromatic rings. The lowest BCUT2D eigenvalue weighted by Crippen LogP contribution is -2.16. The first-order valence-electron chi connectivity index (χ1n) is 6.60. The molecule has 4 nitrogen and oxygen atoms in total. The fourth-order valence-corrected chi connectivity index (χ4v) is 2.03. The van der Waals surface area contributed by atoms with E-state index in [9.17, 15) is 0 Å². The van der Waals surface area contributed by atoms with E-state index in [0.717, 1.165) is 30.2 Å². The highest BCUT2D eigenvalue weighted by atomic mass is 16.6. The Morgan fingerprint density at radius 3 is 2.89 bits per heavy atom. The molecular weight excluding hydrogens is 242 g/mol. The molecule has 0 saturated heterocycles. The first-order valence-corrected chi connectivity index (χ1v) is 6.60. The Morgan fingerprint density at radius 1 is 1.37 bits per heavy atom. The maximum absolute atomic E-state index is 5.62. The van der Waals surface area contributed by atoms with Crippen molar-refractivity contribution in [2.45, 2.75) is 13.8 Å². The molecule has 4 heteroatoms. The van der Waals surface area contributed by atoms with E-state index in [1.807, 2.05) is 12.1 Å². The molecule has 0 aromatic heterocycles. The van der Waals surface area contributed by atoms with Gasteiger partial charge in [-0.1, -0.05) is 18.6 Å². The predicted molar refractivity (Wildman–Crippen MR) is 76.2 cm³/mol. The highest BCUT2D eigenvalue weighted by Gasteiger charge is 2.17. The van der Waals surface area contributed by atoms with Crippen molar-refractivity contribution in [2.75, 3.05) is 33.4 Å². The first kappa shape index (κ1) is 13.7. The molecule has 0 fully saturated rings. The summed E-state index contributed by atoms with van der Waals surface area (Å²) in [5.41, 5.74) is 2.33. The molecule has 1 heterocycles. The van der Waals surface area contributed by atoms with Crippen molar-refractivity contribution in [1.29, 1.82) is 0 Å². The van der Waals surface area contributed by atoms with Crippen LogP contribution in [0.1, 0.15) is 19.4 Å². The molecule has 104 valence electrons. The predicted octanol–water partition coefficient (Wildman–Crippen LogP) is 2.48. The Kier molecular flexibility index (Phi) is 4.68. The Balaban J connectivity index is 2.26. The van der Waals surface area contributed by atoms with Crippen LogP contribution in [-0.2, 0) is 0 Å². The summed E-state index contributed by atoms with van der Waals surface area (Å²) in [4.78, 5) is 0. The second-order valence-corrected chi connectivity index (χ2v) is 4.52. The van der Waals surface area contributed by atoms with E-state index in [1.54, 1.807) is 7.11 Å². The van der Waals surface area contributed by atoms with E-state index in [1.165, 1.54) is 5.57 Å². The van der Waals surface area contributed by atoms with Crippen LogP contribution in [0.4, 0.5) is 0 Å². The van der Waals surface area contributed by atoms with Gasteiger partial charge in [-0.05, 0) is 31.2 Å². The third kappa shape index (κ3) is 3.41. The minimum absolute atomic E-state index is 0.567. The average molecular weight is 263 g/mol. The molecule has 0 unspecified atom stereocenters. The van der Waals surface area contributed by atoms with E-state index in [4.69, 9.17) is 14.2 Å². The molecule has 2 rings (SSSR count). The number of fused-ring (bicyclic) bond motifs is 1. The van der Waals surface area contributed by atoms with Crippen molar-refractivity contribution in [2.24, 2.45) is 0 Å². The Hall–Kier alpha value is -1.68. The van der Waals surface area contributed by atoms with Crippen LogP contribution in [0, 0.1) is 0 Å². The molecule has 1 aliphatic rings. The van der Waals surface area contributed by atoms with E-state index in [2.05, 4.69) is 25.2 Å². The average Bonchev–Trinajstić information content (AvgIpc) is 2.44. The molecule has 1 aliphatic heterocycles. The minimum Gasteiger partial charge on any atom is -0.493 e. The van der Waals surface area contributed by atoms with Crippen molar-refractivity contribution < 1.29 is 14.2 Å². The summed E-state index contributed by atoms with van der Waals surface area (Å²) in [5.74, 6) is 2.18. The van der Waals surface area contributed by atoms with Gasteiger partial charge in [0.05, 0.1) is 7.11 Å². The quantitative estimate of drug-likeness (QED) is 0.886. The monoisotopic (exact) mass is 263 g/mol. The minimum atomic E-state index is 0.567. The summed E-state index contributed by atoms with van der Waals surface area (Å²) in [6, 6.07) is 3.97. The Bertz CT molecular complexity index is 451. The maximum atomic E-state index is 5.62. The molecule has 0 amide bonds. The molecule has 0 saturated carbocycles. The second kappa shape index (κ2) is 6.48. The molecule has 0 radical (unpaired) electrons. The fourth-order valence-electron chi connectivity index (χ4n) is 2.03. The van der Waals surface area contributed by atoms with Gasteiger partial charge in [0.1, 0.15) is 13.2 Å². The van der Waals surface area contributed by atoms with Gasteiger partial charge in [-0.2, -0.15) is 0 Å². The highest BCUT2D eigenvalue weighted by Crippen LogP contribution is 2.40. The lowest BCUT2D eigenvalue weighted by molar-refractivity contribution is 0.165. The van der Waals surface area contributed by atoms with Gasteiger partial charge in [-0.3, -0.25) is 0 Å². The van der Waals surface area contributed by atoms with Gasteiger partial charge in [0.25, 0.3) is 0 Å². The van der Waals surface area contributed by atoms with E-state index in [0.29, 0.717) is 19.0 Å². The molecule has 19 heavy (non-hydrogen) atoms. The molecular formula is C15H21NO3. The largest absolute Gasteiger partial charge is 0.493 e. The number of ether oxygens (including phenoxy) is 3. The molecule has 0 spiro atoms. The SMILES string of the molecule is CCNCC(C)=Cc1cc(OC)c2c(c1)OCCO2. The van der Waals surface area contributed by atoms with Crippen molar-refractivity contribution in [3.05, 3.63) is 23.3 Å². The fraction of sp³-hybridized carbons (Fsp3) is 0.467. The first-order chi connectivity index (χ1) is 9.24. The number of hydrogen-bond donors (Lipinski definition) is 1. The normalized spacial score (nSPS) is 14.4. The van der Waals surface area contributed by atoms with Gasteiger partial charge in [0.15, 0.2) is 11.5 Å².